The molecule has 0 aromatic heterocycles. The van der Waals surface area contributed by atoms with Crippen LogP contribution in [0.25, 0.3) is 11.1 Å². The Bertz CT molecular complexity index is 655. The number of hydrogen-bond acceptors (Lipinski definition) is 4. The highest BCUT2D eigenvalue weighted by Gasteiger charge is 2.14. The number of hydrogen-bond donors (Lipinski definition) is 1. The number of rotatable bonds is 4. The van der Waals surface area contributed by atoms with Gasteiger partial charge in [-0.05, 0) is 42.4 Å². The van der Waals surface area contributed by atoms with Crippen LogP contribution in [0.3, 0.4) is 0 Å². The first-order chi connectivity index (χ1) is 10.8. The molecule has 3 rings (SSSR count). The maximum atomic E-state index is 5.78. The summed E-state index contributed by atoms with van der Waals surface area (Å²) in [4.78, 5) is 0. The Morgan fingerprint density at radius 2 is 1.86 bits per heavy atom. The van der Waals surface area contributed by atoms with E-state index < -0.39 is 0 Å². The lowest BCUT2D eigenvalue weighted by atomic mass is 10.0. The third kappa shape index (κ3) is 3.02. The zero-order valence-electron chi connectivity index (χ0n) is 13.0. The molecule has 1 N–H and O–H groups in total. The Kier molecular flexibility index (Phi) is 4.49. The fraction of sp³-hybridized carbons (Fsp3) is 0.333. The second-order valence-electron chi connectivity index (χ2n) is 5.28. The van der Waals surface area contributed by atoms with Crippen LogP contribution in [-0.2, 0) is 6.54 Å². The molecule has 0 saturated carbocycles. The van der Waals surface area contributed by atoms with Gasteiger partial charge in [-0.25, -0.2) is 0 Å². The molecule has 0 radical (unpaired) electrons. The van der Waals surface area contributed by atoms with E-state index in [9.17, 15) is 0 Å². The molecule has 1 aliphatic heterocycles. The van der Waals surface area contributed by atoms with E-state index in [2.05, 4.69) is 23.5 Å². The molecule has 0 atom stereocenters. The summed E-state index contributed by atoms with van der Waals surface area (Å²) in [7, 11) is 3.64. The number of methoxy groups -OCH3 is 1. The van der Waals surface area contributed by atoms with Gasteiger partial charge < -0.3 is 19.5 Å². The summed E-state index contributed by atoms with van der Waals surface area (Å²) < 4.78 is 17.0. The second kappa shape index (κ2) is 6.71. The molecule has 2 aromatic rings. The average Bonchev–Trinajstić information content (AvgIpc) is 2.79. The van der Waals surface area contributed by atoms with Crippen molar-refractivity contribution in [3.05, 3.63) is 42.0 Å². The summed E-state index contributed by atoms with van der Waals surface area (Å²) in [6, 6.07) is 12.3. The fourth-order valence-electron chi connectivity index (χ4n) is 2.63. The molecule has 0 spiro atoms. The first kappa shape index (κ1) is 14.7. The zero-order valence-corrected chi connectivity index (χ0v) is 13.0. The Morgan fingerprint density at radius 1 is 1.05 bits per heavy atom. The smallest absolute Gasteiger partial charge is 0.161 e. The van der Waals surface area contributed by atoms with Crippen molar-refractivity contribution >= 4 is 0 Å². The van der Waals surface area contributed by atoms with Crippen LogP contribution in [0, 0.1) is 0 Å². The van der Waals surface area contributed by atoms with Crippen molar-refractivity contribution in [3.63, 3.8) is 0 Å². The predicted molar refractivity (Wildman–Crippen MR) is 86.8 cm³/mol. The molecule has 0 aliphatic carbocycles. The van der Waals surface area contributed by atoms with E-state index >= 15 is 0 Å². The van der Waals surface area contributed by atoms with Crippen LogP contribution < -0.4 is 19.5 Å². The second-order valence-corrected chi connectivity index (χ2v) is 5.28. The van der Waals surface area contributed by atoms with Crippen LogP contribution in [0.4, 0.5) is 0 Å². The molecule has 116 valence electrons. The van der Waals surface area contributed by atoms with Crippen LogP contribution in [0.2, 0.25) is 0 Å². The predicted octanol–water partition coefficient (Wildman–Crippen LogP) is 3.24. The van der Waals surface area contributed by atoms with Crippen molar-refractivity contribution in [2.24, 2.45) is 0 Å². The third-order valence-corrected chi connectivity index (χ3v) is 3.70. The largest absolute Gasteiger partial charge is 0.496 e. The van der Waals surface area contributed by atoms with Crippen LogP contribution in [0.1, 0.15) is 12.0 Å². The molecule has 0 unspecified atom stereocenters. The van der Waals surface area contributed by atoms with Gasteiger partial charge in [0.2, 0.25) is 0 Å². The van der Waals surface area contributed by atoms with Gasteiger partial charge in [0.1, 0.15) is 5.75 Å². The Balaban J connectivity index is 2.02. The summed E-state index contributed by atoms with van der Waals surface area (Å²) in [6.45, 7) is 2.21. The maximum absolute atomic E-state index is 5.78. The van der Waals surface area contributed by atoms with Crippen molar-refractivity contribution < 1.29 is 14.2 Å². The van der Waals surface area contributed by atoms with Gasteiger partial charge in [-0.2, -0.15) is 0 Å². The topological polar surface area (TPSA) is 39.7 Å². The quantitative estimate of drug-likeness (QED) is 0.941. The molecule has 22 heavy (non-hydrogen) atoms. The highest BCUT2D eigenvalue weighted by atomic mass is 16.5. The van der Waals surface area contributed by atoms with Gasteiger partial charge >= 0.3 is 0 Å². The first-order valence-corrected chi connectivity index (χ1v) is 7.53. The van der Waals surface area contributed by atoms with E-state index in [0.717, 1.165) is 41.3 Å². The first-order valence-electron chi connectivity index (χ1n) is 7.53. The molecule has 4 heteroatoms. The highest BCUT2D eigenvalue weighted by Crippen LogP contribution is 2.37. The highest BCUT2D eigenvalue weighted by molar-refractivity contribution is 5.73. The Morgan fingerprint density at radius 3 is 2.64 bits per heavy atom. The standard InChI is InChI=1S/C18H21NO3/c1-19-12-13-4-6-16(20-2)15(10-13)14-5-7-17-18(11-14)22-9-3-8-21-17/h4-7,10-11,19H,3,8-9,12H2,1-2H3. The monoisotopic (exact) mass is 299 g/mol. The maximum Gasteiger partial charge on any atom is 0.161 e. The summed E-state index contributed by atoms with van der Waals surface area (Å²) in [5.41, 5.74) is 3.34. The molecule has 0 bridgehead atoms. The van der Waals surface area contributed by atoms with Crippen LogP contribution in [-0.4, -0.2) is 27.4 Å². The van der Waals surface area contributed by atoms with Crippen LogP contribution >= 0.6 is 0 Å². The summed E-state index contributed by atoms with van der Waals surface area (Å²) >= 11 is 0. The molecule has 0 fully saturated rings. The lowest BCUT2D eigenvalue weighted by Gasteiger charge is -2.13. The molecular formula is C18H21NO3. The van der Waals surface area contributed by atoms with E-state index in [-0.39, 0.29) is 0 Å². The van der Waals surface area contributed by atoms with Gasteiger partial charge in [-0.3, -0.25) is 0 Å². The number of fused-ring (bicyclic) bond motifs is 1. The van der Waals surface area contributed by atoms with Gasteiger partial charge in [-0.15, -0.1) is 0 Å². The summed E-state index contributed by atoms with van der Waals surface area (Å²) in [6.07, 6.45) is 0.908. The van der Waals surface area contributed by atoms with E-state index in [1.807, 2.05) is 25.2 Å². The minimum absolute atomic E-state index is 0.688. The molecule has 1 aliphatic rings. The van der Waals surface area contributed by atoms with E-state index in [1.165, 1.54) is 5.56 Å². The minimum atomic E-state index is 0.688. The van der Waals surface area contributed by atoms with Crippen molar-refractivity contribution in [1.82, 2.24) is 5.32 Å². The zero-order chi connectivity index (χ0) is 15.4. The van der Waals surface area contributed by atoms with Crippen molar-refractivity contribution in [1.29, 1.82) is 0 Å². The van der Waals surface area contributed by atoms with Gasteiger partial charge in [0.15, 0.2) is 11.5 Å². The van der Waals surface area contributed by atoms with E-state index in [4.69, 9.17) is 14.2 Å². The fourth-order valence-corrected chi connectivity index (χ4v) is 2.63. The lowest BCUT2D eigenvalue weighted by Crippen LogP contribution is -2.05. The van der Waals surface area contributed by atoms with Crippen molar-refractivity contribution in [3.8, 4) is 28.4 Å². The van der Waals surface area contributed by atoms with Gasteiger partial charge in [0, 0.05) is 18.5 Å². The SMILES string of the molecule is CNCc1ccc(OC)c(-c2ccc3c(c2)OCCCO3)c1. The summed E-state index contributed by atoms with van der Waals surface area (Å²) in [5, 5.41) is 3.17. The van der Waals surface area contributed by atoms with Gasteiger partial charge in [-0.1, -0.05) is 12.1 Å². The average molecular weight is 299 g/mol. The molecule has 1 heterocycles. The van der Waals surface area contributed by atoms with Gasteiger partial charge in [0.25, 0.3) is 0 Å². The number of benzene rings is 2. The van der Waals surface area contributed by atoms with E-state index in [1.54, 1.807) is 7.11 Å². The molecule has 0 amide bonds. The Hall–Kier alpha value is -2.20. The normalized spacial score (nSPS) is 13.5. The number of nitrogens with one attached hydrogen (secondary N) is 1. The number of ether oxygens (including phenoxy) is 3. The van der Waals surface area contributed by atoms with Crippen LogP contribution in [0.15, 0.2) is 36.4 Å². The van der Waals surface area contributed by atoms with Gasteiger partial charge in [0.05, 0.1) is 20.3 Å². The molecule has 2 aromatic carbocycles. The summed E-state index contributed by atoms with van der Waals surface area (Å²) in [5.74, 6) is 2.47. The third-order valence-electron chi connectivity index (χ3n) is 3.70. The van der Waals surface area contributed by atoms with Crippen molar-refractivity contribution in [2.75, 3.05) is 27.4 Å². The lowest BCUT2D eigenvalue weighted by molar-refractivity contribution is 0.297. The Labute approximate surface area is 131 Å². The minimum Gasteiger partial charge on any atom is -0.496 e. The molecule has 4 nitrogen and oxygen atoms in total. The van der Waals surface area contributed by atoms with E-state index in [0.29, 0.717) is 13.2 Å². The van der Waals surface area contributed by atoms with Crippen molar-refractivity contribution in [2.45, 2.75) is 13.0 Å². The van der Waals surface area contributed by atoms with Crippen LogP contribution in [0.5, 0.6) is 17.2 Å². The molecular weight excluding hydrogens is 278 g/mol. The molecule has 0 saturated heterocycles.